The van der Waals surface area contributed by atoms with Gasteiger partial charge in [0, 0.05) is 0 Å². The van der Waals surface area contributed by atoms with Crippen molar-refractivity contribution < 1.29 is 22.9 Å². The molecule has 0 fully saturated rings. The fraction of sp³-hybridized carbons (Fsp3) is 0. The molecule has 0 aromatic carbocycles. The lowest BCUT2D eigenvalue weighted by Crippen LogP contribution is -1.91. The smallest absolute Gasteiger partial charge is 0.450 e. The first-order valence-corrected chi connectivity index (χ1v) is 2.95. The number of nitrogens with zero attached hydrogens (tertiary/aromatic N) is 2. The van der Waals surface area contributed by atoms with Crippen molar-refractivity contribution in [3.8, 4) is 0 Å². The van der Waals surface area contributed by atoms with Crippen molar-refractivity contribution in [1.29, 1.82) is 0 Å². The Labute approximate surface area is 49.9 Å². The van der Waals surface area contributed by atoms with Crippen LogP contribution in [0.4, 0.5) is 4.79 Å². The molecule has 0 radical (unpaired) electrons. The molecule has 0 saturated carbocycles. The molecule has 0 spiro atoms. The minimum Gasteiger partial charge on any atom is -0.462 e. The number of hydrogen-bond acceptors (Lipinski definition) is 3. The summed E-state index contributed by atoms with van der Waals surface area (Å²) in [5.74, 6) is 0. The Hall–Kier alpha value is -1.02. The van der Waals surface area contributed by atoms with Crippen LogP contribution in [-0.4, -0.2) is 24.2 Å². The van der Waals surface area contributed by atoms with Crippen molar-refractivity contribution in [3.05, 3.63) is 0 Å². The van der Waals surface area contributed by atoms with Crippen molar-refractivity contribution >= 4 is 16.4 Å². The van der Waals surface area contributed by atoms with Crippen LogP contribution in [0.5, 0.6) is 0 Å². The standard InChI is InChI=1S/CH2N2O5S/c4-1(5)2-3-9(6,7)8/h(H,4,5)(H,6,7,8). The van der Waals surface area contributed by atoms with Gasteiger partial charge in [0.1, 0.15) is 0 Å². The third-order valence-corrected chi connectivity index (χ3v) is 0.518. The first-order valence-electron chi connectivity index (χ1n) is 1.55. The molecule has 9 heavy (non-hydrogen) atoms. The van der Waals surface area contributed by atoms with E-state index in [4.69, 9.17) is 9.66 Å². The zero-order valence-electron chi connectivity index (χ0n) is 3.92. The van der Waals surface area contributed by atoms with Crippen molar-refractivity contribution in [3.63, 3.8) is 0 Å². The summed E-state index contributed by atoms with van der Waals surface area (Å²) in [6, 6.07) is 0. The minimum atomic E-state index is -4.64. The summed E-state index contributed by atoms with van der Waals surface area (Å²) in [6.07, 6.45) is -1.78. The van der Waals surface area contributed by atoms with Crippen molar-refractivity contribution in [2.45, 2.75) is 0 Å². The summed E-state index contributed by atoms with van der Waals surface area (Å²) in [5, 5.41) is 9.74. The van der Waals surface area contributed by atoms with Gasteiger partial charge in [-0.2, -0.15) is 8.42 Å². The second-order valence-electron chi connectivity index (χ2n) is 0.912. The normalized spacial score (nSPS) is 12.1. The summed E-state index contributed by atoms with van der Waals surface area (Å²) in [5.41, 5.74) is 0. The Balaban J connectivity index is 4.21. The Morgan fingerprint density at radius 1 is 1.44 bits per heavy atom. The van der Waals surface area contributed by atoms with E-state index in [1.54, 1.807) is 0 Å². The monoisotopic (exact) mass is 154 g/mol. The summed E-state index contributed by atoms with van der Waals surface area (Å²) in [4.78, 5) is 9.41. The lowest BCUT2D eigenvalue weighted by molar-refractivity contribution is 0.204. The van der Waals surface area contributed by atoms with Crippen LogP contribution in [0.2, 0.25) is 0 Å². The Bertz CT molecular complexity index is 225. The largest absolute Gasteiger partial charge is 0.462 e. The van der Waals surface area contributed by atoms with E-state index < -0.39 is 16.4 Å². The molecule has 0 aliphatic carbocycles. The predicted molar refractivity (Wildman–Crippen MR) is 24.4 cm³/mol. The molecule has 0 saturated heterocycles. The minimum absolute atomic E-state index is 1.78. The van der Waals surface area contributed by atoms with E-state index in [1.807, 2.05) is 4.52 Å². The third-order valence-electron chi connectivity index (χ3n) is 0.230. The number of amides is 1. The molecule has 1 amide bonds. The van der Waals surface area contributed by atoms with Crippen LogP contribution in [-0.2, 0) is 10.3 Å². The molecular weight excluding hydrogens is 152 g/mol. The van der Waals surface area contributed by atoms with Gasteiger partial charge in [-0.3, -0.25) is 4.55 Å². The maximum atomic E-state index is 9.57. The Morgan fingerprint density at radius 3 is 2.00 bits per heavy atom. The average Bonchev–Trinajstić information content (AvgIpc) is 1.59. The molecule has 0 bridgehead atoms. The predicted octanol–water partition coefficient (Wildman–Crippen LogP) is -0.0806. The van der Waals surface area contributed by atoms with Gasteiger partial charge in [-0.15, -0.1) is 0 Å². The highest BCUT2D eigenvalue weighted by atomic mass is 32.2. The van der Waals surface area contributed by atoms with Crippen LogP contribution < -0.4 is 0 Å². The van der Waals surface area contributed by atoms with E-state index in [9.17, 15) is 13.2 Å². The second kappa shape index (κ2) is 2.51. The quantitative estimate of drug-likeness (QED) is 0.404. The molecule has 0 aromatic heterocycles. The first kappa shape index (κ1) is 7.98. The Morgan fingerprint density at radius 2 is 1.89 bits per heavy atom. The molecule has 0 heterocycles. The number of rotatable bonds is 1. The lowest BCUT2D eigenvalue weighted by atomic mass is 11.3. The molecule has 52 valence electrons. The highest BCUT2D eigenvalue weighted by Crippen LogP contribution is 1.85. The topological polar surface area (TPSA) is 116 Å². The third kappa shape index (κ3) is 6.98. The van der Waals surface area contributed by atoms with Gasteiger partial charge in [-0.1, -0.05) is 5.11 Å². The van der Waals surface area contributed by atoms with E-state index in [0.29, 0.717) is 0 Å². The van der Waals surface area contributed by atoms with Crippen molar-refractivity contribution in [1.82, 2.24) is 0 Å². The maximum Gasteiger partial charge on any atom is 0.450 e. The summed E-state index contributed by atoms with van der Waals surface area (Å²) in [7, 11) is -4.64. The van der Waals surface area contributed by atoms with E-state index in [0.717, 1.165) is 0 Å². The van der Waals surface area contributed by atoms with Crippen LogP contribution in [0.15, 0.2) is 9.63 Å². The molecule has 7 nitrogen and oxygen atoms in total. The highest BCUT2D eigenvalue weighted by Gasteiger charge is 1.99. The fourth-order valence-corrected chi connectivity index (χ4v) is 0.260. The summed E-state index contributed by atoms with van der Waals surface area (Å²) in [6.45, 7) is 0. The molecule has 0 unspecified atom stereocenters. The number of carboxylic acid groups (broad SMARTS) is 1. The Kier molecular flexibility index (Phi) is 2.22. The van der Waals surface area contributed by atoms with Crippen LogP contribution in [0.25, 0.3) is 0 Å². The maximum absolute atomic E-state index is 9.57. The summed E-state index contributed by atoms with van der Waals surface area (Å²) >= 11 is 0. The zero-order valence-corrected chi connectivity index (χ0v) is 4.74. The van der Waals surface area contributed by atoms with Gasteiger partial charge in [0.2, 0.25) is 0 Å². The highest BCUT2D eigenvalue weighted by molar-refractivity contribution is 7.84. The van der Waals surface area contributed by atoms with E-state index >= 15 is 0 Å². The van der Waals surface area contributed by atoms with E-state index in [1.165, 1.54) is 0 Å². The fourth-order valence-electron chi connectivity index (χ4n) is 0.0865. The van der Waals surface area contributed by atoms with Crippen LogP contribution >= 0.6 is 0 Å². The van der Waals surface area contributed by atoms with Gasteiger partial charge in [-0.25, -0.2) is 4.79 Å². The van der Waals surface area contributed by atoms with Gasteiger partial charge in [0.05, 0.1) is 0 Å². The van der Waals surface area contributed by atoms with Crippen molar-refractivity contribution in [2.24, 2.45) is 9.63 Å². The zero-order chi connectivity index (χ0) is 7.49. The number of hydrogen-bond donors (Lipinski definition) is 2. The molecule has 0 aliphatic rings. The van der Waals surface area contributed by atoms with Crippen molar-refractivity contribution in [2.75, 3.05) is 0 Å². The molecule has 2 N–H and O–H groups in total. The molecule has 0 atom stereocenters. The van der Waals surface area contributed by atoms with Crippen LogP contribution in [0.3, 0.4) is 0 Å². The van der Waals surface area contributed by atoms with E-state index in [-0.39, 0.29) is 0 Å². The average molecular weight is 154 g/mol. The summed E-state index contributed by atoms with van der Waals surface area (Å²) < 4.78 is 28.9. The van der Waals surface area contributed by atoms with Crippen LogP contribution in [0.1, 0.15) is 0 Å². The molecule has 0 aromatic rings. The first-order chi connectivity index (χ1) is 3.92. The van der Waals surface area contributed by atoms with Crippen LogP contribution in [0, 0.1) is 0 Å². The second-order valence-corrected chi connectivity index (χ2v) is 1.97. The SMILES string of the molecule is O=C(O)N=NS(=O)(=O)O. The van der Waals surface area contributed by atoms with Gasteiger partial charge < -0.3 is 5.11 Å². The molecule has 0 rings (SSSR count). The van der Waals surface area contributed by atoms with E-state index in [2.05, 4.69) is 5.11 Å². The molecule has 0 aliphatic heterocycles. The van der Waals surface area contributed by atoms with Gasteiger partial charge in [-0.05, 0) is 4.52 Å². The number of carbonyl (C=O) groups is 1. The van der Waals surface area contributed by atoms with Gasteiger partial charge in [0.15, 0.2) is 0 Å². The molecular formula is CH2N2O5S. The van der Waals surface area contributed by atoms with Gasteiger partial charge in [0.25, 0.3) is 0 Å². The lowest BCUT2D eigenvalue weighted by Gasteiger charge is -1.77. The van der Waals surface area contributed by atoms with Gasteiger partial charge >= 0.3 is 16.4 Å². The molecule has 8 heteroatoms.